The van der Waals surface area contributed by atoms with Crippen LogP contribution in [0.2, 0.25) is 0 Å². The first-order chi connectivity index (χ1) is 17.7. The van der Waals surface area contributed by atoms with Crippen molar-refractivity contribution in [1.82, 2.24) is 20.1 Å². The Labute approximate surface area is 211 Å². The summed E-state index contributed by atoms with van der Waals surface area (Å²) in [6.07, 6.45) is 0.538. The van der Waals surface area contributed by atoms with E-state index in [-0.39, 0.29) is 16.9 Å². The number of aryl methyl sites for hydroxylation is 1. The Kier molecular flexibility index (Phi) is 7.65. The van der Waals surface area contributed by atoms with Gasteiger partial charge in [0.15, 0.2) is 0 Å². The van der Waals surface area contributed by atoms with E-state index in [4.69, 9.17) is 5.26 Å². The lowest BCUT2D eigenvalue weighted by atomic mass is 9.96. The molecule has 10 heteroatoms. The number of carbonyl (C=O) groups is 1. The second kappa shape index (κ2) is 11.1. The Balaban J connectivity index is 1.53. The topological polar surface area (TPSA) is 95.6 Å². The average Bonchev–Trinajstić information content (AvgIpc) is 3.33. The summed E-state index contributed by atoms with van der Waals surface area (Å²) in [5.41, 5.74) is 2.43. The summed E-state index contributed by atoms with van der Waals surface area (Å²) in [5.74, 6) is -2.16. The van der Waals surface area contributed by atoms with Crippen LogP contribution in [0.4, 0.5) is 19.0 Å². The molecular weight excluding hydrogens is 481 g/mol. The number of alkyl halides is 3. The van der Waals surface area contributed by atoms with Gasteiger partial charge in [0.05, 0.1) is 23.7 Å². The number of nitrogens with zero attached hydrogens (tertiary/aromatic N) is 4. The van der Waals surface area contributed by atoms with Crippen molar-refractivity contribution in [2.75, 3.05) is 11.9 Å². The van der Waals surface area contributed by atoms with Crippen LogP contribution in [0.25, 0.3) is 11.1 Å². The van der Waals surface area contributed by atoms with Gasteiger partial charge in [-0.1, -0.05) is 42.5 Å². The van der Waals surface area contributed by atoms with Crippen LogP contribution < -0.4 is 10.6 Å². The van der Waals surface area contributed by atoms with E-state index < -0.39 is 30.6 Å². The predicted molar refractivity (Wildman–Crippen MR) is 132 cm³/mol. The fraction of sp³-hybridized carbons (Fsp3) is 0.185. The van der Waals surface area contributed by atoms with E-state index in [1.807, 2.05) is 12.3 Å². The van der Waals surface area contributed by atoms with Crippen molar-refractivity contribution in [1.29, 1.82) is 5.26 Å². The van der Waals surface area contributed by atoms with E-state index in [2.05, 4.69) is 20.7 Å². The van der Waals surface area contributed by atoms with Gasteiger partial charge in [-0.15, -0.1) is 0 Å². The smallest absolute Gasteiger partial charge is 0.309 e. The van der Waals surface area contributed by atoms with Crippen molar-refractivity contribution in [2.45, 2.75) is 18.1 Å². The van der Waals surface area contributed by atoms with Crippen molar-refractivity contribution in [3.63, 3.8) is 0 Å². The molecule has 188 valence electrons. The van der Waals surface area contributed by atoms with Crippen molar-refractivity contribution >= 4 is 11.7 Å². The first-order valence-corrected chi connectivity index (χ1v) is 11.4. The Bertz CT molecular complexity index is 1380. The van der Waals surface area contributed by atoms with Gasteiger partial charge in [-0.3, -0.25) is 9.48 Å². The molecule has 2 heterocycles. The second-order valence-electron chi connectivity index (χ2n) is 8.40. The molecule has 0 radical (unpaired) electrons. The number of carbonyl (C=O) groups excluding carboxylic acids is 1. The molecule has 2 N–H and O–H groups in total. The molecule has 0 saturated heterocycles. The molecule has 4 aromatic rings. The number of benzene rings is 2. The van der Waals surface area contributed by atoms with Gasteiger partial charge < -0.3 is 10.6 Å². The van der Waals surface area contributed by atoms with Gasteiger partial charge >= 0.3 is 6.18 Å². The Morgan fingerprint density at radius 3 is 2.30 bits per heavy atom. The maximum Gasteiger partial charge on any atom is 0.396 e. The molecule has 1 amide bonds. The number of nitrogens with one attached hydrogen (secondary N) is 2. The fourth-order valence-corrected chi connectivity index (χ4v) is 3.86. The van der Waals surface area contributed by atoms with Crippen LogP contribution in [-0.4, -0.2) is 33.4 Å². The molecule has 0 bridgehead atoms. The molecule has 37 heavy (non-hydrogen) atoms. The largest absolute Gasteiger partial charge is 0.396 e. The highest BCUT2D eigenvalue weighted by atomic mass is 19.4. The van der Waals surface area contributed by atoms with Gasteiger partial charge in [0, 0.05) is 37.1 Å². The van der Waals surface area contributed by atoms with Crippen molar-refractivity contribution in [3.8, 4) is 17.2 Å². The lowest BCUT2D eigenvalue weighted by Crippen LogP contribution is -2.39. The van der Waals surface area contributed by atoms with E-state index >= 15 is 0 Å². The van der Waals surface area contributed by atoms with Crippen LogP contribution in [0.15, 0.2) is 85.3 Å². The maximum absolute atomic E-state index is 13.9. The molecule has 0 aliphatic rings. The average molecular weight is 505 g/mol. The zero-order valence-corrected chi connectivity index (χ0v) is 19.8. The number of rotatable bonds is 8. The molecule has 7 nitrogen and oxygen atoms in total. The minimum absolute atomic E-state index is 0.00104. The number of hydrogen-bond acceptors (Lipinski definition) is 5. The Hall–Kier alpha value is -4.49. The normalized spacial score (nSPS) is 12.9. The van der Waals surface area contributed by atoms with E-state index in [0.717, 1.165) is 11.1 Å². The molecule has 2 atom stereocenters. The monoisotopic (exact) mass is 504 g/mol. The molecule has 2 aromatic carbocycles. The van der Waals surface area contributed by atoms with Crippen LogP contribution in [-0.2, 0) is 11.8 Å². The van der Waals surface area contributed by atoms with E-state index in [1.165, 1.54) is 24.3 Å². The van der Waals surface area contributed by atoms with Gasteiger partial charge in [0.1, 0.15) is 11.9 Å². The zero-order valence-electron chi connectivity index (χ0n) is 19.8. The highest BCUT2D eigenvalue weighted by Crippen LogP contribution is 2.35. The summed E-state index contributed by atoms with van der Waals surface area (Å²) in [6.45, 7) is -0.546. The summed E-state index contributed by atoms with van der Waals surface area (Å²) in [6, 6.07) is 18.0. The first kappa shape index (κ1) is 25.6. The van der Waals surface area contributed by atoms with E-state index in [1.54, 1.807) is 66.6 Å². The van der Waals surface area contributed by atoms with Gasteiger partial charge in [-0.2, -0.15) is 23.5 Å². The third-order valence-electron chi connectivity index (χ3n) is 5.81. The van der Waals surface area contributed by atoms with Gasteiger partial charge in [0.25, 0.3) is 0 Å². The number of hydrogen-bond donors (Lipinski definition) is 2. The summed E-state index contributed by atoms with van der Waals surface area (Å²) >= 11 is 0. The zero-order chi connectivity index (χ0) is 26.4. The Morgan fingerprint density at radius 1 is 1.00 bits per heavy atom. The maximum atomic E-state index is 13.9. The van der Waals surface area contributed by atoms with Crippen molar-refractivity contribution < 1.29 is 18.0 Å². The minimum Gasteiger partial charge on any atom is -0.309 e. The van der Waals surface area contributed by atoms with Gasteiger partial charge in [0.2, 0.25) is 5.91 Å². The number of amides is 1. The van der Waals surface area contributed by atoms with Crippen LogP contribution in [0.1, 0.15) is 28.7 Å². The number of aromatic nitrogens is 3. The number of halogens is 3. The number of pyridine rings is 1. The van der Waals surface area contributed by atoms with Crippen LogP contribution in [0.5, 0.6) is 0 Å². The quantitative estimate of drug-likeness (QED) is 0.353. The summed E-state index contributed by atoms with van der Waals surface area (Å²) in [7, 11) is 1.80. The molecule has 0 spiro atoms. The van der Waals surface area contributed by atoms with Crippen LogP contribution in [0, 0.1) is 11.3 Å². The van der Waals surface area contributed by atoms with E-state index in [9.17, 15) is 18.0 Å². The van der Waals surface area contributed by atoms with E-state index in [0.29, 0.717) is 5.56 Å². The number of nitriles is 1. The molecule has 0 unspecified atom stereocenters. The molecule has 0 aliphatic carbocycles. The predicted octanol–water partition coefficient (Wildman–Crippen LogP) is 4.97. The first-order valence-electron chi connectivity index (χ1n) is 11.4. The molecule has 0 aliphatic heterocycles. The highest BCUT2D eigenvalue weighted by molar-refractivity contribution is 5.95. The van der Waals surface area contributed by atoms with Gasteiger partial charge in [-0.05, 0) is 35.4 Å². The number of anilines is 1. The van der Waals surface area contributed by atoms with Gasteiger partial charge in [-0.25, -0.2) is 4.98 Å². The molecular formula is C27H23F3N6O. The summed E-state index contributed by atoms with van der Waals surface area (Å²) in [4.78, 5) is 17.5. The van der Waals surface area contributed by atoms with Crippen molar-refractivity contribution in [3.05, 3.63) is 102 Å². The summed E-state index contributed by atoms with van der Waals surface area (Å²) in [5, 5.41) is 18.6. The fourth-order valence-electron chi connectivity index (χ4n) is 3.86. The summed E-state index contributed by atoms with van der Waals surface area (Å²) < 4.78 is 43.5. The minimum atomic E-state index is -4.57. The third-order valence-corrected chi connectivity index (χ3v) is 5.81. The second-order valence-corrected chi connectivity index (χ2v) is 8.40. The lowest BCUT2D eigenvalue weighted by molar-refractivity contribution is -0.150. The highest BCUT2D eigenvalue weighted by Gasteiger charge is 2.41. The third kappa shape index (κ3) is 6.39. The molecule has 2 aromatic heterocycles. The van der Waals surface area contributed by atoms with Crippen LogP contribution in [0.3, 0.4) is 0 Å². The molecule has 4 rings (SSSR count). The van der Waals surface area contributed by atoms with Crippen LogP contribution >= 0.6 is 0 Å². The Morgan fingerprint density at radius 2 is 1.73 bits per heavy atom. The molecule has 0 fully saturated rings. The molecule has 0 saturated carbocycles. The lowest BCUT2D eigenvalue weighted by Gasteiger charge is -2.25. The standard InChI is InChI=1S/C27H23F3N6O/c1-36-17-22(15-34-36)21-11-12-24(32-14-21)35-26(37)25(20-5-3-2-4-6-20)33-16-23(27(28,29)30)19-9-7-18(13-31)8-10-19/h2-12,14-15,17,23,25,33H,16H2,1H3,(H,32,35,37)/t23-,25+/m0/s1. The SMILES string of the molecule is Cn1cc(-c2ccc(NC(=O)[C@H](NC[C@@H](c3ccc(C#N)cc3)C(F)(F)F)c3ccccc3)nc2)cn1. The van der Waals surface area contributed by atoms with Crippen molar-refractivity contribution in [2.24, 2.45) is 7.05 Å².